The molecule has 26 heavy (non-hydrogen) atoms. The number of amides is 1. The van der Waals surface area contributed by atoms with Crippen LogP contribution in [0.3, 0.4) is 0 Å². The minimum absolute atomic E-state index is 0.0843. The Balaban J connectivity index is 1.20. The Bertz CT molecular complexity index is 896. The summed E-state index contributed by atoms with van der Waals surface area (Å²) < 4.78 is 1.89. The van der Waals surface area contributed by atoms with Gasteiger partial charge in [0, 0.05) is 31.6 Å². The first-order valence-electron chi connectivity index (χ1n) is 9.41. The van der Waals surface area contributed by atoms with Gasteiger partial charge in [-0.3, -0.25) is 9.89 Å². The van der Waals surface area contributed by atoms with Crippen LogP contribution < -0.4 is 5.32 Å². The summed E-state index contributed by atoms with van der Waals surface area (Å²) in [6.45, 7) is 1.39. The Morgan fingerprint density at radius 1 is 1.23 bits per heavy atom. The van der Waals surface area contributed by atoms with Gasteiger partial charge in [0.2, 0.25) is 5.91 Å². The number of nitrogens with zero attached hydrogens (tertiary/aromatic N) is 4. The highest BCUT2D eigenvalue weighted by Gasteiger charge is 2.17. The summed E-state index contributed by atoms with van der Waals surface area (Å²) in [4.78, 5) is 12.1. The maximum Gasteiger partial charge on any atom is 0.220 e. The molecule has 1 aliphatic carbocycles. The first-order chi connectivity index (χ1) is 12.8. The van der Waals surface area contributed by atoms with E-state index in [1.807, 2.05) is 28.9 Å². The van der Waals surface area contributed by atoms with Gasteiger partial charge >= 0.3 is 0 Å². The largest absolute Gasteiger partial charge is 0.356 e. The molecule has 0 unspecified atom stereocenters. The second-order valence-corrected chi connectivity index (χ2v) is 6.84. The fraction of sp³-hybridized carbons (Fsp3) is 0.474. The number of rotatable bonds is 7. The van der Waals surface area contributed by atoms with Crippen LogP contribution in [0.25, 0.3) is 11.0 Å². The van der Waals surface area contributed by atoms with E-state index in [2.05, 4.69) is 25.8 Å². The molecule has 1 amide bonds. The topological polar surface area (TPSA) is 88.5 Å². The van der Waals surface area contributed by atoms with Crippen molar-refractivity contribution < 1.29 is 4.79 Å². The first-order valence-corrected chi connectivity index (χ1v) is 9.41. The monoisotopic (exact) mass is 352 g/mol. The summed E-state index contributed by atoms with van der Waals surface area (Å²) in [7, 11) is 0. The summed E-state index contributed by atoms with van der Waals surface area (Å²) in [6, 6.07) is 7.91. The van der Waals surface area contributed by atoms with Crippen LogP contribution in [0.15, 0.2) is 24.3 Å². The molecule has 3 aromatic rings. The second kappa shape index (κ2) is 7.68. The SMILES string of the molecule is O=C(CCc1n[nH]c2c1CCCC2)NCCCn1nnc2ccccc21. The Morgan fingerprint density at radius 2 is 2.12 bits per heavy atom. The summed E-state index contributed by atoms with van der Waals surface area (Å²) in [6.07, 6.45) is 6.67. The third-order valence-electron chi connectivity index (χ3n) is 5.02. The van der Waals surface area contributed by atoms with Crippen LogP contribution in [0.5, 0.6) is 0 Å². The number of benzene rings is 1. The molecular formula is C19H24N6O. The lowest BCUT2D eigenvalue weighted by atomic mass is 9.95. The molecule has 136 valence electrons. The summed E-state index contributed by atoms with van der Waals surface area (Å²) in [5, 5.41) is 18.8. The number of aryl methyl sites for hydroxylation is 3. The Kier molecular flexibility index (Phi) is 4.95. The Morgan fingerprint density at radius 3 is 3.08 bits per heavy atom. The van der Waals surface area contributed by atoms with Crippen molar-refractivity contribution in [2.45, 2.75) is 51.5 Å². The molecule has 1 aromatic carbocycles. The smallest absolute Gasteiger partial charge is 0.220 e. The van der Waals surface area contributed by atoms with E-state index >= 15 is 0 Å². The molecule has 0 aliphatic heterocycles. The molecule has 2 aromatic heterocycles. The van der Waals surface area contributed by atoms with E-state index in [0.29, 0.717) is 19.4 Å². The lowest BCUT2D eigenvalue weighted by Crippen LogP contribution is -2.25. The van der Waals surface area contributed by atoms with Crippen LogP contribution in [0, 0.1) is 0 Å². The predicted octanol–water partition coefficient (Wildman–Crippen LogP) is 2.17. The molecule has 4 rings (SSSR count). The van der Waals surface area contributed by atoms with Gasteiger partial charge in [-0.1, -0.05) is 17.3 Å². The number of aromatic amines is 1. The molecule has 1 aliphatic rings. The number of H-pyrrole nitrogens is 1. The van der Waals surface area contributed by atoms with Crippen LogP contribution >= 0.6 is 0 Å². The van der Waals surface area contributed by atoms with Gasteiger partial charge in [0.15, 0.2) is 0 Å². The van der Waals surface area contributed by atoms with Crippen LogP contribution in [0.4, 0.5) is 0 Å². The zero-order valence-electron chi connectivity index (χ0n) is 14.9. The number of hydrogen-bond acceptors (Lipinski definition) is 4. The summed E-state index contributed by atoms with van der Waals surface area (Å²) in [5.74, 6) is 0.0843. The standard InChI is InChI=1S/C19H24N6O/c26-19(11-10-16-14-6-1-2-7-15(14)21-22-16)20-12-5-13-25-18-9-4-3-8-17(18)23-24-25/h3-4,8-9H,1-2,5-7,10-13H2,(H,20,26)(H,21,22). The summed E-state index contributed by atoms with van der Waals surface area (Å²) in [5.41, 5.74) is 5.62. The van der Waals surface area contributed by atoms with Gasteiger partial charge in [0.05, 0.1) is 11.2 Å². The fourth-order valence-electron chi connectivity index (χ4n) is 3.62. The third kappa shape index (κ3) is 3.61. The molecule has 7 heteroatoms. The second-order valence-electron chi connectivity index (χ2n) is 6.84. The molecule has 0 saturated carbocycles. The van der Waals surface area contributed by atoms with Gasteiger partial charge in [-0.2, -0.15) is 5.10 Å². The Hall–Kier alpha value is -2.70. The number of carbonyl (C=O) groups excluding carboxylic acids is 1. The van der Waals surface area contributed by atoms with Crippen LogP contribution in [-0.4, -0.2) is 37.6 Å². The average Bonchev–Trinajstić information content (AvgIpc) is 3.28. The van der Waals surface area contributed by atoms with E-state index in [1.54, 1.807) is 0 Å². The van der Waals surface area contributed by atoms with Gasteiger partial charge in [-0.25, -0.2) is 4.68 Å². The van der Waals surface area contributed by atoms with Crippen molar-refractivity contribution in [3.8, 4) is 0 Å². The van der Waals surface area contributed by atoms with E-state index < -0.39 is 0 Å². The first kappa shape index (κ1) is 16.8. The molecule has 0 saturated heterocycles. The maximum absolute atomic E-state index is 12.1. The van der Waals surface area contributed by atoms with E-state index in [4.69, 9.17) is 0 Å². The van der Waals surface area contributed by atoms with Crippen molar-refractivity contribution >= 4 is 16.9 Å². The number of hydrogen-bond donors (Lipinski definition) is 2. The van der Waals surface area contributed by atoms with Gasteiger partial charge < -0.3 is 5.32 Å². The number of nitrogens with one attached hydrogen (secondary N) is 2. The van der Waals surface area contributed by atoms with Crippen LogP contribution in [-0.2, 0) is 30.6 Å². The highest BCUT2D eigenvalue weighted by atomic mass is 16.1. The number of fused-ring (bicyclic) bond motifs is 2. The van der Waals surface area contributed by atoms with Gasteiger partial charge in [0.25, 0.3) is 0 Å². The average molecular weight is 352 g/mol. The van der Waals surface area contributed by atoms with E-state index in [1.165, 1.54) is 24.1 Å². The van der Waals surface area contributed by atoms with Crippen molar-refractivity contribution in [2.24, 2.45) is 0 Å². The number of aromatic nitrogens is 5. The third-order valence-corrected chi connectivity index (χ3v) is 5.02. The Labute approximate surface area is 152 Å². The van der Waals surface area contributed by atoms with E-state index in [0.717, 1.165) is 42.5 Å². The van der Waals surface area contributed by atoms with Crippen LogP contribution in [0.2, 0.25) is 0 Å². The highest BCUT2D eigenvalue weighted by Crippen LogP contribution is 2.22. The zero-order chi connectivity index (χ0) is 17.8. The van der Waals surface area contributed by atoms with Crippen molar-refractivity contribution in [1.82, 2.24) is 30.5 Å². The lowest BCUT2D eigenvalue weighted by Gasteiger charge is -2.11. The van der Waals surface area contributed by atoms with Crippen LogP contribution in [0.1, 0.15) is 42.6 Å². The number of carbonyl (C=O) groups is 1. The van der Waals surface area contributed by atoms with Gasteiger partial charge in [-0.15, -0.1) is 5.10 Å². The molecule has 0 bridgehead atoms. The molecular weight excluding hydrogens is 328 g/mol. The normalized spacial score (nSPS) is 13.7. The number of para-hydroxylation sites is 1. The maximum atomic E-state index is 12.1. The van der Waals surface area contributed by atoms with Crippen molar-refractivity contribution in [3.05, 3.63) is 41.2 Å². The molecule has 0 fully saturated rings. The molecule has 7 nitrogen and oxygen atoms in total. The van der Waals surface area contributed by atoms with Crippen molar-refractivity contribution in [1.29, 1.82) is 0 Å². The minimum atomic E-state index is 0.0843. The van der Waals surface area contributed by atoms with Gasteiger partial charge in [-0.05, 0) is 49.8 Å². The minimum Gasteiger partial charge on any atom is -0.356 e. The zero-order valence-corrected chi connectivity index (χ0v) is 14.9. The molecule has 0 spiro atoms. The molecule has 2 N–H and O–H groups in total. The fourth-order valence-corrected chi connectivity index (χ4v) is 3.62. The quantitative estimate of drug-likeness (QED) is 0.638. The highest BCUT2D eigenvalue weighted by molar-refractivity contribution is 5.76. The van der Waals surface area contributed by atoms with E-state index in [-0.39, 0.29) is 5.91 Å². The lowest BCUT2D eigenvalue weighted by molar-refractivity contribution is -0.121. The molecule has 0 radical (unpaired) electrons. The van der Waals surface area contributed by atoms with Crippen molar-refractivity contribution in [3.63, 3.8) is 0 Å². The molecule has 2 heterocycles. The molecule has 0 atom stereocenters. The van der Waals surface area contributed by atoms with Crippen molar-refractivity contribution in [2.75, 3.05) is 6.54 Å². The van der Waals surface area contributed by atoms with Gasteiger partial charge in [0.1, 0.15) is 5.52 Å². The predicted molar refractivity (Wildman–Crippen MR) is 98.7 cm³/mol. The van der Waals surface area contributed by atoms with E-state index in [9.17, 15) is 4.79 Å². The summed E-state index contributed by atoms with van der Waals surface area (Å²) >= 11 is 0.